The van der Waals surface area contributed by atoms with Gasteiger partial charge in [0.05, 0.1) is 11.7 Å². The SMILES string of the molecule is c1ccc2oc(N3CCC(c4nc(Cc5ccc6[nH]ncc6c5)no4)CC3)nc2c1. The number of hydrogen-bond donors (Lipinski definition) is 1. The molecule has 8 heteroatoms. The van der Waals surface area contributed by atoms with Gasteiger partial charge < -0.3 is 13.8 Å². The summed E-state index contributed by atoms with van der Waals surface area (Å²) in [6.45, 7) is 1.71. The van der Waals surface area contributed by atoms with Crippen molar-refractivity contribution in [2.45, 2.75) is 25.2 Å². The second-order valence-electron chi connectivity index (χ2n) is 7.74. The van der Waals surface area contributed by atoms with Gasteiger partial charge in [0.2, 0.25) is 5.89 Å². The van der Waals surface area contributed by atoms with Crippen molar-refractivity contribution in [3.63, 3.8) is 0 Å². The second kappa shape index (κ2) is 6.98. The molecule has 1 aliphatic rings. The molecule has 150 valence electrons. The Morgan fingerprint density at radius 2 is 1.97 bits per heavy atom. The third-order valence-corrected chi connectivity index (χ3v) is 5.75. The lowest BCUT2D eigenvalue weighted by Gasteiger charge is -2.28. The number of aromatic nitrogens is 5. The minimum atomic E-state index is 0.267. The molecule has 30 heavy (non-hydrogen) atoms. The Kier molecular flexibility index (Phi) is 4.00. The maximum atomic E-state index is 5.90. The molecule has 5 aromatic rings. The summed E-state index contributed by atoms with van der Waals surface area (Å²) in [5, 5.41) is 12.3. The molecule has 0 radical (unpaired) electrons. The summed E-state index contributed by atoms with van der Waals surface area (Å²) in [4.78, 5) is 11.5. The third-order valence-electron chi connectivity index (χ3n) is 5.75. The van der Waals surface area contributed by atoms with Crippen molar-refractivity contribution in [1.82, 2.24) is 25.3 Å². The molecule has 0 unspecified atom stereocenters. The van der Waals surface area contributed by atoms with Crippen LogP contribution in [0.4, 0.5) is 6.01 Å². The van der Waals surface area contributed by atoms with E-state index in [9.17, 15) is 0 Å². The van der Waals surface area contributed by atoms with E-state index in [0.717, 1.165) is 59.4 Å². The molecule has 1 fully saturated rings. The lowest BCUT2D eigenvalue weighted by atomic mass is 9.97. The predicted molar refractivity (Wildman–Crippen MR) is 111 cm³/mol. The predicted octanol–water partition coefficient (Wildman–Crippen LogP) is 4.06. The number of piperidine rings is 1. The van der Waals surface area contributed by atoms with Crippen LogP contribution in [0.2, 0.25) is 0 Å². The van der Waals surface area contributed by atoms with Crippen LogP contribution >= 0.6 is 0 Å². The minimum Gasteiger partial charge on any atom is -0.423 e. The number of para-hydroxylation sites is 2. The molecule has 6 rings (SSSR count). The van der Waals surface area contributed by atoms with E-state index in [1.165, 1.54) is 0 Å². The van der Waals surface area contributed by atoms with Crippen LogP contribution in [0.3, 0.4) is 0 Å². The fourth-order valence-corrected chi connectivity index (χ4v) is 4.10. The van der Waals surface area contributed by atoms with Gasteiger partial charge in [-0.1, -0.05) is 23.4 Å². The van der Waals surface area contributed by atoms with Crippen LogP contribution in [0.25, 0.3) is 22.0 Å². The number of aromatic amines is 1. The second-order valence-corrected chi connectivity index (χ2v) is 7.74. The molecule has 0 amide bonds. The van der Waals surface area contributed by atoms with E-state index in [4.69, 9.17) is 8.94 Å². The largest absolute Gasteiger partial charge is 0.423 e. The van der Waals surface area contributed by atoms with Crippen LogP contribution in [-0.4, -0.2) is 38.4 Å². The van der Waals surface area contributed by atoms with Crippen LogP contribution in [0.15, 0.2) is 57.6 Å². The smallest absolute Gasteiger partial charge is 0.298 e. The Balaban J connectivity index is 1.12. The fraction of sp³-hybridized carbons (Fsp3) is 0.273. The number of rotatable bonds is 4. The number of nitrogens with one attached hydrogen (secondary N) is 1. The average Bonchev–Trinajstić information content (AvgIpc) is 3.53. The maximum Gasteiger partial charge on any atom is 0.298 e. The number of benzene rings is 2. The van der Waals surface area contributed by atoms with Gasteiger partial charge in [0, 0.05) is 30.8 Å². The van der Waals surface area contributed by atoms with Crippen molar-refractivity contribution in [1.29, 1.82) is 0 Å². The number of H-pyrrole nitrogens is 1. The average molecular weight is 400 g/mol. The molecule has 1 saturated heterocycles. The van der Waals surface area contributed by atoms with Gasteiger partial charge in [0.15, 0.2) is 11.4 Å². The van der Waals surface area contributed by atoms with Gasteiger partial charge in [-0.2, -0.15) is 15.1 Å². The van der Waals surface area contributed by atoms with Crippen LogP contribution < -0.4 is 4.90 Å². The van der Waals surface area contributed by atoms with Crippen LogP contribution in [0.5, 0.6) is 0 Å². The van der Waals surface area contributed by atoms with Crippen molar-refractivity contribution in [2.24, 2.45) is 0 Å². The van der Waals surface area contributed by atoms with Gasteiger partial charge in [-0.25, -0.2) is 0 Å². The fourth-order valence-electron chi connectivity index (χ4n) is 4.10. The highest BCUT2D eigenvalue weighted by Crippen LogP contribution is 2.31. The normalized spacial score (nSPS) is 15.4. The first kappa shape index (κ1) is 17.2. The topological polar surface area (TPSA) is 96.9 Å². The Bertz CT molecular complexity index is 1280. The summed E-state index contributed by atoms with van der Waals surface area (Å²) < 4.78 is 11.5. The van der Waals surface area contributed by atoms with Crippen LogP contribution in [-0.2, 0) is 6.42 Å². The van der Waals surface area contributed by atoms with Crippen molar-refractivity contribution >= 4 is 28.0 Å². The standard InChI is InChI=1S/C22H20N6O2/c1-2-4-19-18(3-1)24-22(29-19)28-9-7-15(8-10-28)21-25-20(27-30-21)12-14-5-6-17-16(11-14)13-23-26-17/h1-6,11,13,15H,7-10,12H2,(H,23,26). The van der Waals surface area contributed by atoms with E-state index in [1.807, 2.05) is 36.5 Å². The Labute approximate surface area is 171 Å². The summed E-state index contributed by atoms with van der Waals surface area (Å²) in [6, 6.07) is 14.7. The molecule has 0 spiro atoms. The number of hydrogen-bond acceptors (Lipinski definition) is 7. The highest BCUT2D eigenvalue weighted by molar-refractivity contribution is 5.78. The van der Waals surface area contributed by atoms with Crippen molar-refractivity contribution < 1.29 is 8.94 Å². The first-order valence-electron chi connectivity index (χ1n) is 10.2. The van der Waals surface area contributed by atoms with Gasteiger partial charge in [-0.3, -0.25) is 5.10 Å². The number of fused-ring (bicyclic) bond motifs is 2. The minimum absolute atomic E-state index is 0.267. The number of anilines is 1. The molecule has 1 N–H and O–H groups in total. The summed E-state index contributed by atoms with van der Waals surface area (Å²) in [5.41, 5.74) is 3.88. The van der Waals surface area contributed by atoms with Gasteiger partial charge in [0.25, 0.3) is 6.01 Å². The Morgan fingerprint density at radius 3 is 2.87 bits per heavy atom. The number of oxazole rings is 1. The monoisotopic (exact) mass is 400 g/mol. The summed E-state index contributed by atoms with van der Waals surface area (Å²) in [7, 11) is 0. The molecule has 0 atom stereocenters. The zero-order valence-corrected chi connectivity index (χ0v) is 16.3. The molecular weight excluding hydrogens is 380 g/mol. The van der Waals surface area contributed by atoms with Gasteiger partial charge >= 0.3 is 0 Å². The van der Waals surface area contributed by atoms with E-state index in [0.29, 0.717) is 18.3 Å². The lowest BCUT2D eigenvalue weighted by molar-refractivity contribution is 0.324. The van der Waals surface area contributed by atoms with Gasteiger partial charge in [-0.05, 0) is 42.7 Å². The van der Waals surface area contributed by atoms with Crippen molar-refractivity contribution in [3.05, 3.63) is 65.9 Å². The van der Waals surface area contributed by atoms with E-state index in [1.54, 1.807) is 0 Å². The molecule has 2 aromatic carbocycles. The van der Waals surface area contributed by atoms with Crippen molar-refractivity contribution in [2.75, 3.05) is 18.0 Å². The van der Waals surface area contributed by atoms with Gasteiger partial charge in [-0.15, -0.1) is 0 Å². The summed E-state index contributed by atoms with van der Waals surface area (Å²) in [5.74, 6) is 1.71. The molecule has 1 aliphatic heterocycles. The quantitative estimate of drug-likeness (QED) is 0.486. The zero-order chi connectivity index (χ0) is 19.9. The maximum absolute atomic E-state index is 5.90. The Hall–Kier alpha value is -3.68. The molecular formula is C22H20N6O2. The highest BCUT2D eigenvalue weighted by atomic mass is 16.5. The molecule has 8 nitrogen and oxygen atoms in total. The van der Waals surface area contributed by atoms with E-state index in [2.05, 4.69) is 42.4 Å². The van der Waals surface area contributed by atoms with E-state index < -0.39 is 0 Å². The Morgan fingerprint density at radius 1 is 1.07 bits per heavy atom. The zero-order valence-electron chi connectivity index (χ0n) is 16.3. The number of nitrogens with zero attached hydrogens (tertiary/aromatic N) is 5. The molecule has 4 heterocycles. The van der Waals surface area contributed by atoms with E-state index >= 15 is 0 Å². The van der Waals surface area contributed by atoms with Crippen LogP contribution in [0.1, 0.15) is 36.0 Å². The van der Waals surface area contributed by atoms with Gasteiger partial charge in [0.1, 0.15) is 5.52 Å². The summed E-state index contributed by atoms with van der Waals surface area (Å²) >= 11 is 0. The first-order valence-corrected chi connectivity index (χ1v) is 10.2. The summed E-state index contributed by atoms with van der Waals surface area (Å²) in [6.07, 6.45) is 4.33. The molecule has 0 saturated carbocycles. The molecule has 0 bridgehead atoms. The van der Waals surface area contributed by atoms with Crippen LogP contribution in [0, 0.1) is 0 Å². The molecule has 0 aliphatic carbocycles. The van der Waals surface area contributed by atoms with Crippen molar-refractivity contribution in [3.8, 4) is 0 Å². The first-order chi connectivity index (χ1) is 14.8. The lowest BCUT2D eigenvalue weighted by Crippen LogP contribution is -2.33. The van der Waals surface area contributed by atoms with E-state index in [-0.39, 0.29) is 5.92 Å². The molecule has 3 aromatic heterocycles. The highest BCUT2D eigenvalue weighted by Gasteiger charge is 2.27. The third kappa shape index (κ3) is 3.10.